The Morgan fingerprint density at radius 2 is 2.08 bits per heavy atom. The molecule has 1 saturated heterocycles. The van der Waals surface area contributed by atoms with Gasteiger partial charge in [0.05, 0.1) is 16.6 Å². The number of likely N-dealkylation sites (tertiary alicyclic amines) is 1. The van der Waals surface area contributed by atoms with E-state index in [0.29, 0.717) is 19.5 Å². The second-order valence-electron chi connectivity index (χ2n) is 6.95. The lowest BCUT2D eigenvalue weighted by atomic mass is 9.91. The van der Waals surface area contributed by atoms with Gasteiger partial charge in [-0.2, -0.15) is 13.2 Å². The summed E-state index contributed by atoms with van der Waals surface area (Å²) in [7, 11) is 0. The maximum absolute atomic E-state index is 13.5. The van der Waals surface area contributed by atoms with Gasteiger partial charge in [-0.3, -0.25) is 4.79 Å². The molecule has 0 aromatic carbocycles. The first-order chi connectivity index (χ1) is 11.8. The van der Waals surface area contributed by atoms with Gasteiger partial charge in [-0.1, -0.05) is 5.16 Å². The predicted molar refractivity (Wildman–Crippen MR) is 82.8 cm³/mol. The number of rotatable bonds is 2. The molecular formula is C17H18F3N3O2. The Labute approximate surface area is 142 Å². The SMILES string of the molecule is Cc1cc(C(F)(F)F)c2c([C@@H]3CCCN(C(=O)C4CC4)C3)noc2n1. The molecule has 25 heavy (non-hydrogen) atoms. The highest BCUT2D eigenvalue weighted by atomic mass is 19.4. The van der Waals surface area contributed by atoms with Crippen molar-refractivity contribution in [1.29, 1.82) is 0 Å². The van der Waals surface area contributed by atoms with E-state index in [2.05, 4.69) is 10.1 Å². The molecule has 0 unspecified atom stereocenters. The molecule has 2 fully saturated rings. The average molecular weight is 353 g/mol. The highest BCUT2D eigenvalue weighted by Crippen LogP contribution is 2.40. The van der Waals surface area contributed by atoms with Gasteiger partial charge < -0.3 is 9.42 Å². The normalized spacial score (nSPS) is 21.8. The molecule has 1 atom stereocenters. The molecule has 2 aromatic rings. The van der Waals surface area contributed by atoms with Crippen molar-refractivity contribution in [2.24, 2.45) is 5.92 Å². The monoisotopic (exact) mass is 353 g/mol. The van der Waals surface area contributed by atoms with Crippen molar-refractivity contribution in [2.75, 3.05) is 13.1 Å². The predicted octanol–water partition coefficient (Wildman–Crippen LogP) is 3.67. The maximum Gasteiger partial charge on any atom is 0.417 e. The molecule has 0 spiro atoms. The van der Waals surface area contributed by atoms with Crippen molar-refractivity contribution in [2.45, 2.75) is 44.7 Å². The lowest BCUT2D eigenvalue weighted by Gasteiger charge is -2.32. The fraction of sp³-hybridized carbons (Fsp3) is 0.588. The van der Waals surface area contributed by atoms with Crippen LogP contribution in [0.1, 0.15) is 48.6 Å². The quantitative estimate of drug-likeness (QED) is 0.827. The number of aryl methyl sites for hydroxylation is 1. The number of pyridine rings is 1. The first kappa shape index (κ1) is 16.4. The third-order valence-electron chi connectivity index (χ3n) is 4.95. The van der Waals surface area contributed by atoms with E-state index in [-0.39, 0.29) is 40.2 Å². The highest BCUT2D eigenvalue weighted by Gasteiger charge is 2.39. The number of carbonyl (C=O) groups is 1. The van der Waals surface area contributed by atoms with Crippen molar-refractivity contribution in [3.63, 3.8) is 0 Å². The first-order valence-electron chi connectivity index (χ1n) is 8.47. The summed E-state index contributed by atoms with van der Waals surface area (Å²) in [6.07, 6.45) is -1.26. The fourth-order valence-electron chi connectivity index (χ4n) is 3.59. The molecule has 1 amide bonds. The summed E-state index contributed by atoms with van der Waals surface area (Å²) in [6, 6.07) is 1.03. The van der Waals surface area contributed by atoms with Gasteiger partial charge in [-0.15, -0.1) is 0 Å². The number of halogens is 3. The van der Waals surface area contributed by atoms with Crippen LogP contribution in [0.25, 0.3) is 11.1 Å². The number of aromatic nitrogens is 2. The van der Waals surface area contributed by atoms with Crippen LogP contribution in [0.3, 0.4) is 0 Å². The smallest absolute Gasteiger partial charge is 0.342 e. The minimum Gasteiger partial charge on any atom is -0.342 e. The van der Waals surface area contributed by atoms with Crippen molar-refractivity contribution in [3.8, 4) is 0 Å². The number of hydrogen-bond acceptors (Lipinski definition) is 4. The second kappa shape index (κ2) is 5.71. The van der Waals surface area contributed by atoms with Crippen LogP contribution in [0.15, 0.2) is 10.6 Å². The third-order valence-corrected chi connectivity index (χ3v) is 4.95. The van der Waals surface area contributed by atoms with Gasteiger partial charge in [0, 0.05) is 30.6 Å². The van der Waals surface area contributed by atoms with Gasteiger partial charge in [0.25, 0.3) is 5.71 Å². The van der Waals surface area contributed by atoms with E-state index in [4.69, 9.17) is 4.52 Å². The Bertz CT molecular complexity index is 826. The van der Waals surface area contributed by atoms with E-state index in [0.717, 1.165) is 25.3 Å². The lowest BCUT2D eigenvalue weighted by molar-refractivity contribution is -0.136. The van der Waals surface area contributed by atoms with E-state index in [1.807, 2.05) is 0 Å². The summed E-state index contributed by atoms with van der Waals surface area (Å²) in [6.45, 7) is 2.54. The molecule has 134 valence electrons. The van der Waals surface area contributed by atoms with E-state index < -0.39 is 11.7 Å². The summed E-state index contributed by atoms with van der Waals surface area (Å²) in [5.74, 6) is -0.0475. The molecule has 3 heterocycles. The molecule has 1 aliphatic carbocycles. The van der Waals surface area contributed by atoms with Crippen LogP contribution in [-0.2, 0) is 11.0 Å². The summed E-state index contributed by atoms with van der Waals surface area (Å²) in [4.78, 5) is 18.1. The molecule has 1 saturated carbocycles. The first-order valence-corrected chi connectivity index (χ1v) is 8.47. The summed E-state index contributed by atoms with van der Waals surface area (Å²) < 4.78 is 45.5. The summed E-state index contributed by atoms with van der Waals surface area (Å²) >= 11 is 0. The van der Waals surface area contributed by atoms with Crippen LogP contribution in [0.4, 0.5) is 13.2 Å². The van der Waals surface area contributed by atoms with Gasteiger partial charge in [0.15, 0.2) is 0 Å². The fourth-order valence-corrected chi connectivity index (χ4v) is 3.59. The van der Waals surface area contributed by atoms with Gasteiger partial charge in [0.1, 0.15) is 0 Å². The molecule has 5 nitrogen and oxygen atoms in total. The second-order valence-corrected chi connectivity index (χ2v) is 6.95. The number of piperidine rings is 1. The van der Waals surface area contributed by atoms with E-state index in [9.17, 15) is 18.0 Å². The van der Waals surface area contributed by atoms with Gasteiger partial charge in [-0.05, 0) is 38.7 Å². The van der Waals surface area contributed by atoms with E-state index in [1.165, 1.54) is 6.92 Å². The van der Waals surface area contributed by atoms with Crippen molar-refractivity contribution >= 4 is 17.0 Å². The summed E-state index contributed by atoms with van der Waals surface area (Å²) in [5, 5.41) is 3.85. The molecule has 2 aromatic heterocycles. The molecule has 0 N–H and O–H groups in total. The summed E-state index contributed by atoms with van der Waals surface area (Å²) in [5.41, 5.74) is -0.357. The number of hydrogen-bond donors (Lipinski definition) is 0. The number of alkyl halides is 3. The van der Waals surface area contributed by atoms with Crippen molar-refractivity contribution in [1.82, 2.24) is 15.0 Å². The van der Waals surface area contributed by atoms with Crippen LogP contribution in [0.5, 0.6) is 0 Å². The van der Waals surface area contributed by atoms with Crippen LogP contribution in [0.2, 0.25) is 0 Å². The van der Waals surface area contributed by atoms with Crippen LogP contribution >= 0.6 is 0 Å². The number of nitrogens with zero attached hydrogens (tertiary/aromatic N) is 3. The third kappa shape index (κ3) is 2.98. The Kier molecular flexibility index (Phi) is 3.73. The van der Waals surface area contributed by atoms with Crippen LogP contribution in [-0.4, -0.2) is 34.0 Å². The Balaban J connectivity index is 1.72. The zero-order valence-corrected chi connectivity index (χ0v) is 13.8. The molecule has 0 bridgehead atoms. The van der Waals surface area contributed by atoms with E-state index in [1.54, 1.807) is 4.90 Å². The Morgan fingerprint density at radius 1 is 1.32 bits per heavy atom. The van der Waals surface area contributed by atoms with Crippen LogP contribution < -0.4 is 0 Å². The van der Waals surface area contributed by atoms with Gasteiger partial charge >= 0.3 is 6.18 Å². The number of fused-ring (bicyclic) bond motifs is 1. The average Bonchev–Trinajstić information content (AvgIpc) is 3.32. The minimum absolute atomic E-state index is 0.0659. The highest BCUT2D eigenvalue weighted by molar-refractivity contribution is 5.83. The van der Waals surface area contributed by atoms with Crippen LogP contribution in [0, 0.1) is 12.8 Å². The molecular weight excluding hydrogens is 335 g/mol. The Morgan fingerprint density at radius 3 is 2.76 bits per heavy atom. The zero-order valence-electron chi connectivity index (χ0n) is 13.8. The van der Waals surface area contributed by atoms with Crippen molar-refractivity contribution in [3.05, 3.63) is 23.0 Å². The standard InChI is InChI=1S/C17H18F3N3O2/c1-9-7-12(17(18,19)20)13-14(22-25-15(13)21-9)11-3-2-6-23(8-11)16(24)10-4-5-10/h7,10-11H,2-6,8H2,1H3/t11-/m1/s1. The molecule has 1 aliphatic heterocycles. The van der Waals surface area contributed by atoms with Crippen molar-refractivity contribution < 1.29 is 22.5 Å². The number of amides is 1. The zero-order chi connectivity index (χ0) is 17.8. The molecule has 8 heteroatoms. The Hall–Kier alpha value is -2.12. The lowest BCUT2D eigenvalue weighted by Crippen LogP contribution is -2.40. The molecule has 2 aliphatic rings. The molecule has 0 radical (unpaired) electrons. The van der Waals surface area contributed by atoms with Gasteiger partial charge in [-0.25, -0.2) is 4.98 Å². The van der Waals surface area contributed by atoms with E-state index >= 15 is 0 Å². The maximum atomic E-state index is 13.5. The largest absolute Gasteiger partial charge is 0.417 e. The minimum atomic E-state index is -4.51. The topological polar surface area (TPSA) is 59.2 Å². The van der Waals surface area contributed by atoms with Gasteiger partial charge in [0.2, 0.25) is 5.91 Å². The number of carbonyl (C=O) groups excluding carboxylic acids is 1. The molecule has 4 rings (SSSR count).